The van der Waals surface area contributed by atoms with E-state index in [9.17, 15) is 4.79 Å². The Bertz CT molecular complexity index is 419. The van der Waals surface area contributed by atoms with E-state index in [0.717, 1.165) is 37.4 Å². The van der Waals surface area contributed by atoms with Crippen LogP contribution in [0.2, 0.25) is 0 Å². The summed E-state index contributed by atoms with van der Waals surface area (Å²) in [5.74, 6) is 0.845. The molecule has 1 aliphatic heterocycles. The summed E-state index contributed by atoms with van der Waals surface area (Å²) in [7, 11) is 0. The number of hydrogen-bond donors (Lipinski definition) is 1. The Kier molecular flexibility index (Phi) is 4.59. The van der Waals surface area contributed by atoms with Gasteiger partial charge in [0, 0.05) is 13.1 Å². The van der Waals surface area contributed by atoms with Gasteiger partial charge >= 0.3 is 0 Å². The number of rotatable bonds is 3. The number of piperidine rings is 1. The van der Waals surface area contributed by atoms with Crippen molar-refractivity contribution in [3.63, 3.8) is 0 Å². The van der Waals surface area contributed by atoms with E-state index in [4.69, 9.17) is 5.73 Å². The van der Waals surface area contributed by atoms with Crippen LogP contribution in [0.5, 0.6) is 0 Å². The Hall–Kier alpha value is -1.35. The predicted molar refractivity (Wildman–Crippen MR) is 77.7 cm³/mol. The lowest BCUT2D eigenvalue weighted by atomic mass is 9.93. The highest BCUT2D eigenvalue weighted by atomic mass is 16.2. The summed E-state index contributed by atoms with van der Waals surface area (Å²) in [5, 5.41) is 0. The molecule has 1 aromatic carbocycles. The lowest BCUT2D eigenvalue weighted by molar-refractivity contribution is -0.134. The standard InChI is InChI=1S/C16H24N2O/c1-3-13-8-10-18(11-9-13)16(19)15(17)14-6-4-12(2)5-7-14/h4-7,13,15H,3,8-11,17H2,1-2H3. The number of nitrogens with zero attached hydrogens (tertiary/aromatic N) is 1. The zero-order valence-corrected chi connectivity index (χ0v) is 11.9. The molecule has 0 saturated carbocycles. The van der Waals surface area contributed by atoms with E-state index in [1.54, 1.807) is 0 Å². The molecule has 0 spiro atoms. The summed E-state index contributed by atoms with van der Waals surface area (Å²) in [6.07, 6.45) is 3.44. The van der Waals surface area contributed by atoms with Gasteiger partial charge in [-0.3, -0.25) is 4.79 Å². The van der Waals surface area contributed by atoms with Crippen molar-refractivity contribution in [2.75, 3.05) is 13.1 Å². The quantitative estimate of drug-likeness (QED) is 0.908. The van der Waals surface area contributed by atoms with Gasteiger partial charge in [-0.25, -0.2) is 0 Å². The fraction of sp³-hybridized carbons (Fsp3) is 0.562. The van der Waals surface area contributed by atoms with E-state index in [1.807, 2.05) is 36.1 Å². The van der Waals surface area contributed by atoms with Gasteiger partial charge in [0.1, 0.15) is 6.04 Å². The SMILES string of the molecule is CCC1CCN(C(=O)C(N)c2ccc(C)cc2)CC1. The predicted octanol–water partition coefficient (Wildman–Crippen LogP) is 2.64. The maximum Gasteiger partial charge on any atom is 0.244 e. The van der Waals surface area contributed by atoms with E-state index in [-0.39, 0.29) is 5.91 Å². The molecule has 3 heteroatoms. The average Bonchev–Trinajstić information content (AvgIpc) is 2.46. The molecule has 1 saturated heterocycles. The van der Waals surface area contributed by atoms with Crippen LogP contribution in [0.4, 0.5) is 0 Å². The number of benzene rings is 1. The van der Waals surface area contributed by atoms with Crippen LogP contribution in [0.3, 0.4) is 0 Å². The average molecular weight is 260 g/mol. The Balaban J connectivity index is 1.98. The molecule has 0 radical (unpaired) electrons. The van der Waals surface area contributed by atoms with Gasteiger partial charge in [0.2, 0.25) is 5.91 Å². The molecular weight excluding hydrogens is 236 g/mol. The van der Waals surface area contributed by atoms with Gasteiger partial charge < -0.3 is 10.6 Å². The van der Waals surface area contributed by atoms with Gasteiger partial charge in [-0.05, 0) is 31.2 Å². The van der Waals surface area contributed by atoms with Gasteiger partial charge in [-0.2, -0.15) is 0 Å². The highest BCUT2D eigenvalue weighted by Crippen LogP contribution is 2.22. The normalized spacial score (nSPS) is 18.4. The van der Waals surface area contributed by atoms with Crippen LogP contribution in [0.25, 0.3) is 0 Å². The minimum absolute atomic E-state index is 0.0680. The van der Waals surface area contributed by atoms with Crippen LogP contribution in [0.15, 0.2) is 24.3 Å². The largest absolute Gasteiger partial charge is 0.341 e. The molecule has 1 heterocycles. The second-order valence-corrected chi connectivity index (χ2v) is 5.57. The molecule has 1 aromatic rings. The molecule has 3 nitrogen and oxygen atoms in total. The van der Waals surface area contributed by atoms with Crippen LogP contribution in [-0.4, -0.2) is 23.9 Å². The second-order valence-electron chi connectivity index (χ2n) is 5.57. The van der Waals surface area contributed by atoms with Crippen LogP contribution < -0.4 is 5.73 Å². The van der Waals surface area contributed by atoms with Gasteiger partial charge in [-0.1, -0.05) is 43.2 Å². The molecule has 2 rings (SSSR count). The minimum atomic E-state index is -0.515. The lowest BCUT2D eigenvalue weighted by Gasteiger charge is -2.33. The van der Waals surface area contributed by atoms with E-state index < -0.39 is 6.04 Å². The fourth-order valence-electron chi connectivity index (χ4n) is 2.67. The third-order valence-electron chi connectivity index (χ3n) is 4.21. The summed E-state index contributed by atoms with van der Waals surface area (Å²) in [6, 6.07) is 7.41. The number of carbonyl (C=O) groups is 1. The lowest BCUT2D eigenvalue weighted by Crippen LogP contribution is -2.43. The van der Waals surface area contributed by atoms with Gasteiger partial charge in [0.05, 0.1) is 0 Å². The molecule has 104 valence electrons. The molecule has 1 fully saturated rings. The van der Waals surface area contributed by atoms with Crippen molar-refractivity contribution in [3.8, 4) is 0 Å². The van der Waals surface area contributed by atoms with Crippen molar-refractivity contribution in [3.05, 3.63) is 35.4 Å². The number of carbonyl (C=O) groups excluding carboxylic acids is 1. The molecular formula is C16H24N2O. The number of nitrogens with two attached hydrogens (primary N) is 1. The molecule has 0 aliphatic carbocycles. The van der Waals surface area contributed by atoms with Crippen LogP contribution >= 0.6 is 0 Å². The Morgan fingerprint density at radius 1 is 1.32 bits per heavy atom. The summed E-state index contributed by atoms with van der Waals surface area (Å²) in [6.45, 7) is 5.97. The summed E-state index contributed by atoms with van der Waals surface area (Å²) in [5.41, 5.74) is 8.19. The molecule has 2 N–H and O–H groups in total. The smallest absolute Gasteiger partial charge is 0.244 e. The fourth-order valence-corrected chi connectivity index (χ4v) is 2.67. The third-order valence-corrected chi connectivity index (χ3v) is 4.21. The molecule has 0 bridgehead atoms. The first-order chi connectivity index (χ1) is 9.11. The molecule has 0 aromatic heterocycles. The zero-order chi connectivity index (χ0) is 13.8. The van der Waals surface area contributed by atoms with Gasteiger partial charge in [0.15, 0.2) is 0 Å². The monoisotopic (exact) mass is 260 g/mol. The maximum absolute atomic E-state index is 12.4. The van der Waals surface area contributed by atoms with E-state index in [0.29, 0.717) is 0 Å². The first kappa shape index (κ1) is 14.1. The van der Waals surface area contributed by atoms with Crippen molar-refractivity contribution < 1.29 is 4.79 Å². The summed E-state index contributed by atoms with van der Waals surface area (Å²) < 4.78 is 0. The van der Waals surface area contributed by atoms with Crippen LogP contribution in [-0.2, 0) is 4.79 Å². The molecule has 1 atom stereocenters. The highest BCUT2D eigenvalue weighted by Gasteiger charge is 2.26. The Morgan fingerprint density at radius 3 is 2.42 bits per heavy atom. The van der Waals surface area contributed by atoms with E-state index in [1.165, 1.54) is 12.0 Å². The van der Waals surface area contributed by atoms with Crippen molar-refractivity contribution in [1.29, 1.82) is 0 Å². The first-order valence-electron chi connectivity index (χ1n) is 7.22. The Labute approximate surface area is 115 Å². The number of aryl methyl sites for hydroxylation is 1. The summed E-state index contributed by atoms with van der Waals surface area (Å²) in [4.78, 5) is 14.3. The molecule has 1 aliphatic rings. The van der Waals surface area contributed by atoms with Crippen LogP contribution in [0, 0.1) is 12.8 Å². The van der Waals surface area contributed by atoms with Crippen molar-refractivity contribution in [1.82, 2.24) is 4.90 Å². The van der Waals surface area contributed by atoms with Gasteiger partial charge in [0.25, 0.3) is 0 Å². The Morgan fingerprint density at radius 2 is 1.89 bits per heavy atom. The van der Waals surface area contributed by atoms with E-state index in [2.05, 4.69) is 6.92 Å². The third kappa shape index (κ3) is 3.35. The topological polar surface area (TPSA) is 46.3 Å². The first-order valence-corrected chi connectivity index (χ1v) is 7.22. The number of likely N-dealkylation sites (tertiary alicyclic amines) is 1. The number of hydrogen-bond acceptors (Lipinski definition) is 2. The van der Waals surface area contributed by atoms with Crippen molar-refractivity contribution in [2.45, 2.75) is 39.2 Å². The minimum Gasteiger partial charge on any atom is -0.341 e. The highest BCUT2D eigenvalue weighted by molar-refractivity contribution is 5.83. The molecule has 1 unspecified atom stereocenters. The second kappa shape index (κ2) is 6.20. The molecule has 1 amide bonds. The summed E-state index contributed by atoms with van der Waals surface area (Å²) >= 11 is 0. The van der Waals surface area contributed by atoms with Crippen molar-refractivity contribution >= 4 is 5.91 Å². The number of amides is 1. The van der Waals surface area contributed by atoms with Crippen molar-refractivity contribution in [2.24, 2.45) is 11.7 Å². The van der Waals surface area contributed by atoms with E-state index >= 15 is 0 Å². The van der Waals surface area contributed by atoms with Crippen LogP contribution in [0.1, 0.15) is 43.4 Å². The maximum atomic E-state index is 12.4. The van der Waals surface area contributed by atoms with Gasteiger partial charge in [-0.15, -0.1) is 0 Å². The zero-order valence-electron chi connectivity index (χ0n) is 11.9. The molecule has 19 heavy (non-hydrogen) atoms.